The molecule has 0 bridgehead atoms. The highest BCUT2D eigenvalue weighted by Crippen LogP contribution is 2.12. The van der Waals surface area contributed by atoms with E-state index in [0.29, 0.717) is 18.9 Å². The van der Waals surface area contributed by atoms with Crippen molar-refractivity contribution in [3.8, 4) is 5.75 Å². The van der Waals surface area contributed by atoms with Gasteiger partial charge in [-0.1, -0.05) is 0 Å². The molecule has 1 N–H and O–H groups in total. The molecular formula is C13H17FN2O2S. The molecule has 0 aromatic heterocycles. The number of nitrogens with zero attached hydrogens (tertiary/aromatic N) is 1. The number of carbonyl (C=O) groups excluding carboxylic acids is 1. The monoisotopic (exact) mass is 284 g/mol. The van der Waals surface area contributed by atoms with E-state index < -0.39 is 0 Å². The van der Waals surface area contributed by atoms with Crippen LogP contribution in [0.25, 0.3) is 0 Å². The van der Waals surface area contributed by atoms with E-state index in [4.69, 9.17) is 4.74 Å². The number of amides is 1. The average Bonchev–Trinajstić information content (AvgIpc) is 2.94. The smallest absolute Gasteiger partial charge is 0.240 e. The number of thioether (sulfide) groups is 1. The molecular weight excluding hydrogens is 267 g/mol. The number of hydrogen-bond donors (Lipinski definition) is 1. The minimum atomic E-state index is -0.288. The van der Waals surface area contributed by atoms with Gasteiger partial charge in [-0.3, -0.25) is 10.1 Å². The van der Waals surface area contributed by atoms with Gasteiger partial charge in [0, 0.05) is 18.7 Å². The standard InChI is InChI=1S/C13H17FN2O2S/c1-16(13(17)12-8-19-9-15-12)6-7-18-11-4-2-10(14)3-5-11/h2-5,12,15H,6-9H2,1H3. The number of carbonyl (C=O) groups is 1. The Hall–Kier alpha value is -1.27. The number of benzene rings is 1. The summed E-state index contributed by atoms with van der Waals surface area (Å²) >= 11 is 1.72. The molecule has 1 aliphatic heterocycles. The van der Waals surface area contributed by atoms with Gasteiger partial charge in [0.05, 0.1) is 12.6 Å². The molecule has 4 nitrogen and oxygen atoms in total. The number of hydrogen-bond acceptors (Lipinski definition) is 4. The van der Waals surface area contributed by atoms with Crippen LogP contribution in [0.5, 0.6) is 5.75 Å². The molecule has 1 aliphatic rings. The number of rotatable bonds is 5. The summed E-state index contributed by atoms with van der Waals surface area (Å²) < 4.78 is 18.2. The first-order valence-corrected chi connectivity index (χ1v) is 7.27. The molecule has 0 saturated carbocycles. The maximum atomic E-state index is 12.7. The van der Waals surface area contributed by atoms with Gasteiger partial charge in [-0.25, -0.2) is 4.39 Å². The third kappa shape index (κ3) is 4.11. The lowest BCUT2D eigenvalue weighted by Gasteiger charge is -2.20. The second kappa shape index (κ2) is 6.77. The number of halogens is 1. The summed E-state index contributed by atoms with van der Waals surface area (Å²) in [6.45, 7) is 0.910. The Kier molecular flexibility index (Phi) is 5.04. The molecule has 0 spiro atoms. The van der Waals surface area contributed by atoms with Crippen molar-refractivity contribution in [2.24, 2.45) is 0 Å². The van der Waals surface area contributed by atoms with Crippen LogP contribution in [-0.2, 0) is 4.79 Å². The van der Waals surface area contributed by atoms with E-state index in [2.05, 4.69) is 5.32 Å². The Morgan fingerprint density at radius 2 is 2.26 bits per heavy atom. The minimum Gasteiger partial charge on any atom is -0.492 e. The largest absolute Gasteiger partial charge is 0.492 e. The van der Waals surface area contributed by atoms with Gasteiger partial charge in [-0.2, -0.15) is 0 Å². The van der Waals surface area contributed by atoms with Crippen LogP contribution in [0.2, 0.25) is 0 Å². The van der Waals surface area contributed by atoms with E-state index in [0.717, 1.165) is 11.6 Å². The highest BCUT2D eigenvalue weighted by atomic mass is 32.2. The van der Waals surface area contributed by atoms with Crippen molar-refractivity contribution in [2.45, 2.75) is 6.04 Å². The zero-order chi connectivity index (χ0) is 13.7. The maximum absolute atomic E-state index is 12.7. The first kappa shape index (κ1) is 14.1. The Balaban J connectivity index is 1.72. The lowest BCUT2D eigenvalue weighted by Crippen LogP contribution is -2.44. The molecule has 1 fully saturated rings. The van der Waals surface area contributed by atoms with E-state index in [1.54, 1.807) is 35.8 Å². The van der Waals surface area contributed by atoms with Crippen molar-refractivity contribution in [3.05, 3.63) is 30.1 Å². The third-order valence-corrected chi connectivity index (χ3v) is 3.84. The average molecular weight is 284 g/mol. The van der Waals surface area contributed by atoms with Gasteiger partial charge >= 0.3 is 0 Å². The topological polar surface area (TPSA) is 41.6 Å². The van der Waals surface area contributed by atoms with Crippen molar-refractivity contribution in [3.63, 3.8) is 0 Å². The van der Waals surface area contributed by atoms with Crippen molar-refractivity contribution < 1.29 is 13.9 Å². The second-order valence-electron chi connectivity index (χ2n) is 4.33. The van der Waals surface area contributed by atoms with Gasteiger partial charge in [-0.15, -0.1) is 11.8 Å². The van der Waals surface area contributed by atoms with E-state index in [9.17, 15) is 9.18 Å². The molecule has 0 aliphatic carbocycles. The van der Waals surface area contributed by atoms with Gasteiger partial charge in [-0.05, 0) is 24.3 Å². The highest BCUT2D eigenvalue weighted by molar-refractivity contribution is 7.99. The first-order valence-electron chi connectivity index (χ1n) is 6.11. The van der Waals surface area contributed by atoms with E-state index in [1.165, 1.54) is 12.1 Å². The normalized spacial score (nSPS) is 18.3. The summed E-state index contributed by atoms with van der Waals surface area (Å²) in [6.07, 6.45) is 0. The number of nitrogens with one attached hydrogen (secondary N) is 1. The summed E-state index contributed by atoms with van der Waals surface area (Å²) in [7, 11) is 1.76. The maximum Gasteiger partial charge on any atom is 0.240 e. The van der Waals surface area contributed by atoms with Crippen LogP contribution < -0.4 is 10.1 Å². The molecule has 6 heteroatoms. The van der Waals surface area contributed by atoms with Crippen LogP contribution in [0.15, 0.2) is 24.3 Å². The zero-order valence-corrected chi connectivity index (χ0v) is 11.6. The fraction of sp³-hybridized carbons (Fsp3) is 0.462. The number of ether oxygens (including phenoxy) is 1. The lowest BCUT2D eigenvalue weighted by atomic mass is 10.3. The van der Waals surface area contributed by atoms with Gasteiger partial charge in [0.25, 0.3) is 0 Å². The zero-order valence-electron chi connectivity index (χ0n) is 10.8. The van der Waals surface area contributed by atoms with Gasteiger partial charge in [0.1, 0.15) is 18.2 Å². The predicted molar refractivity (Wildman–Crippen MR) is 73.8 cm³/mol. The van der Waals surface area contributed by atoms with Crippen molar-refractivity contribution in [2.75, 3.05) is 31.8 Å². The highest BCUT2D eigenvalue weighted by Gasteiger charge is 2.25. The van der Waals surface area contributed by atoms with Gasteiger partial charge in [0.2, 0.25) is 5.91 Å². The fourth-order valence-corrected chi connectivity index (χ4v) is 2.69. The molecule has 104 valence electrons. The van der Waals surface area contributed by atoms with Crippen LogP contribution >= 0.6 is 11.8 Å². The summed E-state index contributed by atoms with van der Waals surface area (Å²) in [5.74, 6) is 2.06. The molecule has 19 heavy (non-hydrogen) atoms. The molecule has 1 aromatic rings. The Morgan fingerprint density at radius 3 is 2.89 bits per heavy atom. The van der Waals surface area contributed by atoms with E-state index >= 15 is 0 Å². The van der Waals surface area contributed by atoms with Gasteiger partial charge < -0.3 is 9.64 Å². The van der Waals surface area contributed by atoms with Crippen LogP contribution in [-0.4, -0.2) is 48.7 Å². The predicted octanol–water partition coefficient (Wildman–Crippen LogP) is 1.33. The summed E-state index contributed by atoms with van der Waals surface area (Å²) in [4.78, 5) is 13.6. The van der Waals surface area contributed by atoms with Crippen LogP contribution in [0.1, 0.15) is 0 Å². The Bertz CT molecular complexity index is 421. The van der Waals surface area contributed by atoms with Gasteiger partial charge in [0.15, 0.2) is 0 Å². The van der Waals surface area contributed by atoms with E-state index in [1.807, 2.05) is 0 Å². The van der Waals surface area contributed by atoms with Crippen LogP contribution in [0, 0.1) is 5.82 Å². The lowest BCUT2D eigenvalue weighted by molar-refractivity contribution is -0.131. The SMILES string of the molecule is CN(CCOc1ccc(F)cc1)C(=O)C1CSCN1. The van der Waals surface area contributed by atoms with Crippen LogP contribution in [0.4, 0.5) is 4.39 Å². The summed E-state index contributed by atoms with van der Waals surface area (Å²) in [5, 5.41) is 3.14. The molecule has 2 rings (SSSR count). The van der Waals surface area contributed by atoms with Crippen molar-refractivity contribution in [1.29, 1.82) is 0 Å². The minimum absolute atomic E-state index is 0.0826. The fourth-order valence-electron chi connectivity index (χ4n) is 1.76. The molecule has 1 unspecified atom stereocenters. The molecule has 0 radical (unpaired) electrons. The summed E-state index contributed by atoms with van der Waals surface area (Å²) in [6, 6.07) is 5.77. The van der Waals surface area contributed by atoms with Crippen molar-refractivity contribution in [1.82, 2.24) is 10.2 Å². The third-order valence-electron chi connectivity index (χ3n) is 2.90. The first-order chi connectivity index (χ1) is 9.16. The Labute approximate surface area is 116 Å². The molecule has 1 aromatic carbocycles. The molecule has 1 atom stereocenters. The Morgan fingerprint density at radius 1 is 1.53 bits per heavy atom. The quantitative estimate of drug-likeness (QED) is 0.885. The molecule has 1 amide bonds. The van der Waals surface area contributed by atoms with Crippen molar-refractivity contribution >= 4 is 17.7 Å². The molecule has 1 heterocycles. The van der Waals surface area contributed by atoms with Crippen LogP contribution in [0.3, 0.4) is 0 Å². The molecule has 1 saturated heterocycles. The van der Waals surface area contributed by atoms with E-state index in [-0.39, 0.29) is 17.8 Å². The number of likely N-dealkylation sites (N-methyl/N-ethyl adjacent to an activating group) is 1. The second-order valence-corrected chi connectivity index (χ2v) is 5.36. The summed E-state index contributed by atoms with van der Waals surface area (Å²) in [5.41, 5.74) is 0.